The molecule has 0 aliphatic carbocycles. The molecule has 12 nitrogen and oxygen atoms in total. The highest BCUT2D eigenvalue weighted by molar-refractivity contribution is 5.74. The molecule has 2 saturated heterocycles. The first-order chi connectivity index (χ1) is 13.5. The Hall–Kier alpha value is -2.09. The predicted molar refractivity (Wildman–Crippen MR) is 96.9 cm³/mol. The highest BCUT2D eigenvalue weighted by atomic mass is 16.6. The minimum atomic E-state index is -1.31. The minimum absolute atomic E-state index is 0.0837. The van der Waals surface area contributed by atoms with E-state index >= 15 is 0 Å². The lowest BCUT2D eigenvalue weighted by Gasteiger charge is -2.35. The van der Waals surface area contributed by atoms with Gasteiger partial charge in [0.25, 0.3) is 5.56 Å². The predicted octanol–water partition coefficient (Wildman–Crippen LogP) is -3.15. The molecule has 5 N–H and O–H groups in total. The summed E-state index contributed by atoms with van der Waals surface area (Å²) < 4.78 is 7.18. The van der Waals surface area contributed by atoms with Crippen LogP contribution in [0, 0.1) is 0 Å². The number of aliphatic hydroxyl groups excluding tert-OH is 4. The van der Waals surface area contributed by atoms with E-state index in [4.69, 9.17) is 9.84 Å². The van der Waals surface area contributed by atoms with Crippen molar-refractivity contribution in [3.63, 3.8) is 0 Å². The normalized spacial score (nSPS) is 29.1. The van der Waals surface area contributed by atoms with Gasteiger partial charge in [0.15, 0.2) is 17.4 Å². The molecule has 28 heavy (non-hydrogen) atoms. The van der Waals surface area contributed by atoms with Crippen LogP contribution >= 0.6 is 0 Å². The molecule has 0 unspecified atom stereocenters. The molecular formula is C16H24N6O6. The van der Waals surface area contributed by atoms with Crippen molar-refractivity contribution in [2.45, 2.75) is 24.5 Å². The third-order valence-corrected chi connectivity index (χ3v) is 5.31. The highest BCUT2D eigenvalue weighted by Gasteiger charge is 2.45. The summed E-state index contributed by atoms with van der Waals surface area (Å²) in [5.74, 6) is 0.401. The standard InChI is InChI=1S/C16H24N6O6/c23-6-5-20-1-3-21(4-2-20)16-19-10-13(17-8-18-14(10)27)22(16)15-12(26)11(25)9(7-24)28-15/h8-9,11-12,15,23-26H,1-7H2,(H,17,18,27)/t9-,11+,12-,15-/m1/s1. The summed E-state index contributed by atoms with van der Waals surface area (Å²) in [6, 6.07) is 0. The van der Waals surface area contributed by atoms with Crippen LogP contribution in [-0.4, -0.2) is 109 Å². The van der Waals surface area contributed by atoms with Gasteiger partial charge >= 0.3 is 0 Å². The number of aromatic amines is 1. The average molecular weight is 396 g/mol. The van der Waals surface area contributed by atoms with E-state index in [2.05, 4.69) is 19.9 Å². The molecule has 2 aliphatic rings. The second kappa shape index (κ2) is 7.73. The molecule has 4 atom stereocenters. The number of fused-ring (bicyclic) bond motifs is 1. The summed E-state index contributed by atoms with van der Waals surface area (Å²) in [6.07, 6.45) is -3.34. The van der Waals surface area contributed by atoms with Gasteiger partial charge in [0.1, 0.15) is 18.3 Å². The Morgan fingerprint density at radius 2 is 1.93 bits per heavy atom. The Morgan fingerprint density at radius 1 is 1.18 bits per heavy atom. The number of H-pyrrole nitrogens is 1. The molecule has 2 fully saturated rings. The van der Waals surface area contributed by atoms with Crippen molar-refractivity contribution in [1.29, 1.82) is 0 Å². The smallest absolute Gasteiger partial charge is 0.278 e. The monoisotopic (exact) mass is 396 g/mol. The zero-order valence-electron chi connectivity index (χ0n) is 15.2. The van der Waals surface area contributed by atoms with Gasteiger partial charge in [-0.3, -0.25) is 14.3 Å². The zero-order chi connectivity index (χ0) is 19.8. The Morgan fingerprint density at radius 3 is 2.57 bits per heavy atom. The molecule has 2 aromatic rings. The Labute approximate surface area is 159 Å². The van der Waals surface area contributed by atoms with Gasteiger partial charge in [-0.1, -0.05) is 0 Å². The Kier molecular flexibility index (Phi) is 5.31. The summed E-state index contributed by atoms with van der Waals surface area (Å²) in [6.45, 7) is 2.80. The zero-order valence-corrected chi connectivity index (χ0v) is 15.2. The summed E-state index contributed by atoms with van der Waals surface area (Å²) in [5, 5.41) is 39.1. The molecular weight excluding hydrogens is 372 g/mol. The van der Waals surface area contributed by atoms with Crippen LogP contribution in [0.4, 0.5) is 5.95 Å². The van der Waals surface area contributed by atoms with Gasteiger partial charge in [-0.2, -0.15) is 0 Å². The first kappa shape index (κ1) is 19.2. The van der Waals surface area contributed by atoms with Crippen LogP contribution in [0.1, 0.15) is 6.23 Å². The number of β-amino-alcohol motifs (C(OH)–C–C–N with tert-alkyl or cyclic N) is 1. The number of piperazine rings is 1. The van der Waals surface area contributed by atoms with E-state index in [9.17, 15) is 20.1 Å². The van der Waals surface area contributed by atoms with Crippen molar-refractivity contribution >= 4 is 17.1 Å². The molecule has 0 amide bonds. The van der Waals surface area contributed by atoms with Crippen molar-refractivity contribution in [1.82, 2.24) is 24.4 Å². The van der Waals surface area contributed by atoms with Gasteiger partial charge in [-0.25, -0.2) is 9.97 Å². The third kappa shape index (κ3) is 3.17. The summed E-state index contributed by atoms with van der Waals surface area (Å²) >= 11 is 0. The van der Waals surface area contributed by atoms with Crippen LogP contribution in [0.25, 0.3) is 11.2 Å². The summed E-state index contributed by atoms with van der Waals surface area (Å²) in [7, 11) is 0. The van der Waals surface area contributed by atoms with Crippen molar-refractivity contribution in [3.8, 4) is 0 Å². The minimum Gasteiger partial charge on any atom is -0.395 e. The number of hydrogen-bond acceptors (Lipinski definition) is 10. The van der Waals surface area contributed by atoms with E-state index in [1.54, 1.807) is 0 Å². The largest absolute Gasteiger partial charge is 0.395 e. The maximum atomic E-state index is 12.2. The lowest BCUT2D eigenvalue weighted by Crippen LogP contribution is -2.48. The van der Waals surface area contributed by atoms with Gasteiger partial charge in [0.05, 0.1) is 19.5 Å². The number of rotatable bonds is 5. The van der Waals surface area contributed by atoms with Crippen LogP contribution < -0.4 is 10.5 Å². The summed E-state index contributed by atoms with van der Waals surface area (Å²) in [4.78, 5) is 27.4. The molecule has 4 heterocycles. The van der Waals surface area contributed by atoms with Crippen LogP contribution in [-0.2, 0) is 4.74 Å². The molecule has 4 rings (SSSR count). The molecule has 0 spiro atoms. The number of anilines is 1. The number of aromatic nitrogens is 4. The van der Waals surface area contributed by atoms with E-state index in [0.717, 1.165) is 0 Å². The molecule has 0 bridgehead atoms. The molecule has 2 aromatic heterocycles. The van der Waals surface area contributed by atoms with Crippen LogP contribution in [0.5, 0.6) is 0 Å². The first-order valence-corrected chi connectivity index (χ1v) is 9.21. The average Bonchev–Trinajstić information content (AvgIpc) is 3.22. The van der Waals surface area contributed by atoms with Crippen molar-refractivity contribution < 1.29 is 25.2 Å². The van der Waals surface area contributed by atoms with E-state index in [1.807, 2.05) is 4.90 Å². The third-order valence-electron chi connectivity index (χ3n) is 5.31. The second-order valence-electron chi connectivity index (χ2n) is 6.97. The number of aliphatic hydroxyl groups is 4. The lowest BCUT2D eigenvalue weighted by molar-refractivity contribution is -0.0505. The van der Waals surface area contributed by atoms with Gasteiger partial charge in [-0.15, -0.1) is 0 Å². The molecule has 154 valence electrons. The number of nitrogens with zero attached hydrogens (tertiary/aromatic N) is 5. The van der Waals surface area contributed by atoms with Crippen LogP contribution in [0.15, 0.2) is 11.1 Å². The van der Waals surface area contributed by atoms with Gasteiger partial charge in [0, 0.05) is 32.7 Å². The SMILES string of the molecule is O=c1[nH]cnc2c1nc(N1CCN(CCO)CC1)n2[C@@H]1O[C@H](CO)[C@H](O)[C@H]1O. The summed E-state index contributed by atoms with van der Waals surface area (Å²) in [5.41, 5.74) is -0.0879. The van der Waals surface area contributed by atoms with Crippen LogP contribution in [0.3, 0.4) is 0 Å². The molecule has 0 radical (unpaired) electrons. The quantitative estimate of drug-likeness (QED) is 0.349. The van der Waals surface area contributed by atoms with E-state index in [-0.39, 0.29) is 17.8 Å². The lowest BCUT2D eigenvalue weighted by atomic mass is 10.1. The molecule has 0 saturated carbocycles. The Bertz CT molecular complexity index is 878. The van der Waals surface area contributed by atoms with E-state index in [0.29, 0.717) is 38.7 Å². The second-order valence-corrected chi connectivity index (χ2v) is 6.97. The Balaban J connectivity index is 1.74. The van der Waals surface area contributed by atoms with Gasteiger partial charge < -0.3 is 35.0 Å². The fourth-order valence-corrected chi connectivity index (χ4v) is 3.77. The van der Waals surface area contributed by atoms with Gasteiger partial charge in [0.2, 0.25) is 5.95 Å². The number of imidazole rings is 1. The van der Waals surface area contributed by atoms with E-state index in [1.165, 1.54) is 10.9 Å². The topological polar surface area (TPSA) is 160 Å². The number of nitrogens with one attached hydrogen (secondary N) is 1. The fourth-order valence-electron chi connectivity index (χ4n) is 3.77. The van der Waals surface area contributed by atoms with Crippen molar-refractivity contribution in [2.24, 2.45) is 0 Å². The first-order valence-electron chi connectivity index (χ1n) is 9.21. The number of ether oxygens (including phenoxy) is 1. The van der Waals surface area contributed by atoms with Gasteiger partial charge in [-0.05, 0) is 0 Å². The van der Waals surface area contributed by atoms with Crippen molar-refractivity contribution in [2.75, 3.05) is 50.8 Å². The number of hydrogen-bond donors (Lipinski definition) is 5. The molecule has 12 heteroatoms. The maximum absolute atomic E-state index is 12.2. The van der Waals surface area contributed by atoms with Crippen LogP contribution in [0.2, 0.25) is 0 Å². The molecule has 2 aliphatic heterocycles. The van der Waals surface area contributed by atoms with E-state index < -0.39 is 36.7 Å². The highest BCUT2D eigenvalue weighted by Crippen LogP contribution is 2.35. The maximum Gasteiger partial charge on any atom is 0.278 e. The van der Waals surface area contributed by atoms with Crippen molar-refractivity contribution in [3.05, 3.63) is 16.7 Å². The molecule has 0 aromatic carbocycles. The fraction of sp³-hybridized carbons (Fsp3) is 0.688.